The zero-order chi connectivity index (χ0) is 13.9. The van der Waals surface area contributed by atoms with Crippen LogP contribution in [0.15, 0.2) is 12.1 Å². The van der Waals surface area contributed by atoms with Crippen LogP contribution in [0.25, 0.3) is 0 Å². The highest BCUT2D eigenvalue weighted by Crippen LogP contribution is 2.19. The van der Waals surface area contributed by atoms with Crippen molar-refractivity contribution < 1.29 is 28.0 Å². The molecule has 0 bridgehead atoms. The van der Waals surface area contributed by atoms with Crippen LogP contribution in [0.5, 0.6) is 0 Å². The maximum Gasteiger partial charge on any atom is 0.416 e. The molecule has 0 spiro atoms. The van der Waals surface area contributed by atoms with Gasteiger partial charge in [-0.1, -0.05) is 0 Å². The molecule has 0 saturated carbocycles. The third kappa shape index (κ3) is 3.45. The van der Waals surface area contributed by atoms with Crippen LogP contribution in [0.3, 0.4) is 0 Å². The first-order valence-electron chi connectivity index (χ1n) is 4.58. The van der Waals surface area contributed by atoms with Crippen LogP contribution in [0.4, 0.5) is 19.0 Å². The Morgan fingerprint density at radius 1 is 1.56 bits per heavy atom. The standard InChI is InChI=1S/C8H8F3N3O4/c9-8(10,11)5(15)3-12-7(16)4-1-2-6(13-4)14(17)18/h1-2,5,13,15H,3H2,(H,12,16). The van der Waals surface area contributed by atoms with Crippen LogP contribution in [-0.2, 0) is 0 Å². The average Bonchev–Trinajstić information content (AvgIpc) is 2.73. The van der Waals surface area contributed by atoms with Gasteiger partial charge in [0.2, 0.25) is 0 Å². The molecule has 7 nitrogen and oxygen atoms in total. The number of alkyl halides is 3. The van der Waals surface area contributed by atoms with Gasteiger partial charge < -0.3 is 20.5 Å². The second-order valence-electron chi connectivity index (χ2n) is 3.28. The summed E-state index contributed by atoms with van der Waals surface area (Å²) in [6, 6.07) is 2.04. The zero-order valence-electron chi connectivity index (χ0n) is 8.69. The molecule has 1 unspecified atom stereocenters. The van der Waals surface area contributed by atoms with Crippen molar-refractivity contribution in [2.75, 3.05) is 6.54 Å². The molecule has 0 aromatic carbocycles. The minimum absolute atomic E-state index is 0.268. The molecule has 10 heteroatoms. The number of nitrogens with zero attached hydrogens (tertiary/aromatic N) is 1. The molecule has 18 heavy (non-hydrogen) atoms. The quantitative estimate of drug-likeness (QED) is 0.547. The van der Waals surface area contributed by atoms with Gasteiger partial charge in [-0.3, -0.25) is 4.79 Å². The number of aliphatic hydroxyl groups excluding tert-OH is 1. The summed E-state index contributed by atoms with van der Waals surface area (Å²) in [5, 5.41) is 20.7. The van der Waals surface area contributed by atoms with Crippen molar-refractivity contribution in [2.45, 2.75) is 12.3 Å². The van der Waals surface area contributed by atoms with Gasteiger partial charge in [-0.25, -0.2) is 4.98 Å². The van der Waals surface area contributed by atoms with Gasteiger partial charge in [-0.05, 0) is 11.0 Å². The molecule has 0 aliphatic rings. The molecule has 1 amide bonds. The second kappa shape index (κ2) is 5.04. The minimum Gasteiger partial charge on any atom is -0.382 e. The zero-order valence-corrected chi connectivity index (χ0v) is 8.69. The Balaban J connectivity index is 2.58. The molecule has 0 aliphatic carbocycles. The Bertz CT molecular complexity index is 457. The molecular weight excluding hydrogens is 259 g/mol. The van der Waals surface area contributed by atoms with Crippen LogP contribution in [-0.4, -0.2) is 39.7 Å². The lowest BCUT2D eigenvalue weighted by Crippen LogP contribution is -2.40. The number of rotatable bonds is 4. The van der Waals surface area contributed by atoms with Crippen molar-refractivity contribution in [2.24, 2.45) is 0 Å². The number of aromatic amines is 1. The van der Waals surface area contributed by atoms with Gasteiger partial charge in [0.1, 0.15) is 0 Å². The van der Waals surface area contributed by atoms with E-state index in [9.17, 15) is 28.1 Å². The van der Waals surface area contributed by atoms with Crippen LogP contribution in [0, 0.1) is 10.1 Å². The topological polar surface area (TPSA) is 108 Å². The average molecular weight is 267 g/mol. The highest BCUT2D eigenvalue weighted by molar-refractivity contribution is 5.92. The van der Waals surface area contributed by atoms with E-state index < -0.39 is 35.5 Å². The molecular formula is C8H8F3N3O4. The largest absolute Gasteiger partial charge is 0.416 e. The summed E-state index contributed by atoms with van der Waals surface area (Å²) < 4.78 is 35.7. The van der Waals surface area contributed by atoms with E-state index in [1.165, 1.54) is 0 Å². The third-order valence-electron chi connectivity index (χ3n) is 1.95. The maximum absolute atomic E-state index is 11.9. The lowest BCUT2D eigenvalue weighted by molar-refractivity contribution is -0.389. The molecule has 0 radical (unpaired) electrons. The Kier molecular flexibility index (Phi) is 3.91. The van der Waals surface area contributed by atoms with Crippen molar-refractivity contribution in [3.8, 4) is 0 Å². The molecule has 0 fully saturated rings. The van der Waals surface area contributed by atoms with Crippen molar-refractivity contribution in [3.63, 3.8) is 0 Å². The van der Waals surface area contributed by atoms with E-state index >= 15 is 0 Å². The fraction of sp³-hybridized carbons (Fsp3) is 0.375. The molecule has 1 heterocycles. The molecule has 0 saturated heterocycles. The van der Waals surface area contributed by atoms with Gasteiger partial charge >= 0.3 is 12.0 Å². The molecule has 0 aliphatic heterocycles. The number of aromatic nitrogens is 1. The number of nitrogens with one attached hydrogen (secondary N) is 2. The first-order chi connectivity index (χ1) is 8.21. The number of nitro groups is 1. The van der Waals surface area contributed by atoms with Crippen molar-refractivity contribution >= 4 is 11.7 Å². The summed E-state index contributed by atoms with van der Waals surface area (Å²) in [6.45, 7) is -1.03. The second-order valence-corrected chi connectivity index (χ2v) is 3.28. The first-order valence-corrected chi connectivity index (χ1v) is 4.58. The number of halogens is 3. The van der Waals surface area contributed by atoms with Crippen LogP contribution in [0.2, 0.25) is 0 Å². The highest BCUT2D eigenvalue weighted by atomic mass is 19.4. The van der Waals surface area contributed by atoms with E-state index in [0.717, 1.165) is 12.1 Å². The summed E-state index contributed by atoms with van der Waals surface area (Å²) in [7, 11) is 0. The van der Waals surface area contributed by atoms with Crippen LogP contribution in [0.1, 0.15) is 10.5 Å². The van der Waals surface area contributed by atoms with Gasteiger partial charge in [0.05, 0.1) is 6.54 Å². The molecule has 1 rings (SSSR count). The van der Waals surface area contributed by atoms with Gasteiger partial charge in [-0.2, -0.15) is 13.2 Å². The predicted octanol–water partition coefficient (Wildman–Crippen LogP) is 0.576. The van der Waals surface area contributed by atoms with Gasteiger partial charge in [0, 0.05) is 6.07 Å². The number of aliphatic hydroxyl groups is 1. The minimum atomic E-state index is -4.84. The van der Waals surface area contributed by atoms with Crippen LogP contribution >= 0.6 is 0 Å². The van der Waals surface area contributed by atoms with E-state index in [0.29, 0.717) is 0 Å². The molecule has 100 valence electrons. The Morgan fingerprint density at radius 3 is 2.61 bits per heavy atom. The Hall–Kier alpha value is -2.10. The highest BCUT2D eigenvalue weighted by Gasteiger charge is 2.38. The Labute approximate surface area is 97.8 Å². The Morgan fingerprint density at radius 2 is 2.17 bits per heavy atom. The van der Waals surface area contributed by atoms with E-state index in [-0.39, 0.29) is 5.69 Å². The normalized spacial score (nSPS) is 13.1. The monoisotopic (exact) mass is 267 g/mol. The summed E-state index contributed by atoms with van der Waals surface area (Å²) in [6.07, 6.45) is -7.53. The number of carbonyl (C=O) groups is 1. The third-order valence-corrected chi connectivity index (χ3v) is 1.95. The molecule has 3 N–H and O–H groups in total. The molecule has 1 atom stereocenters. The summed E-state index contributed by atoms with van der Waals surface area (Å²) in [4.78, 5) is 22.9. The first kappa shape index (κ1) is 14.0. The fourth-order valence-electron chi connectivity index (χ4n) is 1.02. The number of hydrogen-bond donors (Lipinski definition) is 3. The summed E-state index contributed by atoms with van der Waals surface area (Å²) in [5.74, 6) is -1.44. The molecule has 1 aromatic rings. The summed E-state index contributed by atoms with van der Waals surface area (Å²) >= 11 is 0. The summed E-state index contributed by atoms with van der Waals surface area (Å²) in [5.41, 5.74) is -0.268. The van der Waals surface area contributed by atoms with Gasteiger partial charge in [0.15, 0.2) is 11.8 Å². The SMILES string of the molecule is O=C(NCC(O)C(F)(F)F)c1ccc([N+](=O)[O-])[nH]1. The number of H-pyrrole nitrogens is 1. The number of carbonyl (C=O) groups excluding carboxylic acids is 1. The van der Waals surface area contributed by atoms with Gasteiger partial charge in [0.25, 0.3) is 5.91 Å². The van der Waals surface area contributed by atoms with Crippen molar-refractivity contribution in [1.82, 2.24) is 10.3 Å². The van der Waals surface area contributed by atoms with Crippen molar-refractivity contribution in [3.05, 3.63) is 27.9 Å². The maximum atomic E-state index is 11.9. The van der Waals surface area contributed by atoms with E-state index in [4.69, 9.17) is 5.11 Å². The van der Waals surface area contributed by atoms with E-state index in [2.05, 4.69) is 4.98 Å². The number of amides is 1. The smallest absolute Gasteiger partial charge is 0.382 e. The fourth-order valence-corrected chi connectivity index (χ4v) is 1.02. The van der Waals surface area contributed by atoms with Gasteiger partial charge in [-0.15, -0.1) is 0 Å². The molecule has 1 aromatic heterocycles. The van der Waals surface area contributed by atoms with Crippen molar-refractivity contribution in [1.29, 1.82) is 0 Å². The lowest BCUT2D eigenvalue weighted by Gasteiger charge is -2.14. The van der Waals surface area contributed by atoms with E-state index in [1.54, 1.807) is 5.32 Å². The predicted molar refractivity (Wildman–Crippen MR) is 51.8 cm³/mol. The van der Waals surface area contributed by atoms with Crippen LogP contribution < -0.4 is 5.32 Å². The number of hydrogen-bond acceptors (Lipinski definition) is 4. The van der Waals surface area contributed by atoms with E-state index in [1.807, 2.05) is 0 Å². The lowest BCUT2D eigenvalue weighted by atomic mass is 10.3.